The standard InChI is InChI=1S/C22H18F2N4O/c23-16-8-15(9-17(24)10-16)20-13-28-21(25-20)18-12-27(7-6-19(18)26-22(28)29)11-14-4-2-1-3-5-14/h1-5,8-10,13H,6-7,11-12H2,(H,26,29). The number of aromatic nitrogens is 3. The van der Waals surface area contributed by atoms with Crippen LogP contribution in [0.1, 0.15) is 16.8 Å². The lowest BCUT2D eigenvalue weighted by molar-refractivity contribution is 0.243. The van der Waals surface area contributed by atoms with Gasteiger partial charge < -0.3 is 4.98 Å². The fourth-order valence-corrected chi connectivity index (χ4v) is 3.92. The minimum Gasteiger partial charge on any atom is -0.310 e. The zero-order valence-corrected chi connectivity index (χ0v) is 15.5. The van der Waals surface area contributed by atoms with E-state index in [-0.39, 0.29) is 5.69 Å². The molecule has 0 spiro atoms. The molecular weight excluding hydrogens is 374 g/mol. The Bertz CT molecular complexity index is 1240. The van der Waals surface area contributed by atoms with Crippen molar-refractivity contribution in [2.75, 3.05) is 6.54 Å². The Morgan fingerprint density at radius 1 is 1.07 bits per heavy atom. The van der Waals surface area contributed by atoms with E-state index in [0.717, 1.165) is 30.4 Å². The predicted octanol–water partition coefficient (Wildman–Crippen LogP) is 3.53. The number of fused-ring (bicyclic) bond motifs is 3. The van der Waals surface area contributed by atoms with E-state index >= 15 is 0 Å². The van der Waals surface area contributed by atoms with Crippen LogP contribution in [0.2, 0.25) is 0 Å². The molecule has 2 aromatic carbocycles. The van der Waals surface area contributed by atoms with Crippen molar-refractivity contribution in [2.45, 2.75) is 19.5 Å². The summed E-state index contributed by atoms with van der Waals surface area (Å²) in [5.74, 6) is -1.36. The number of imidazole rings is 1. The summed E-state index contributed by atoms with van der Waals surface area (Å²) in [6.07, 6.45) is 2.24. The first-order chi connectivity index (χ1) is 14.1. The number of halogens is 2. The normalized spacial score (nSPS) is 14.3. The summed E-state index contributed by atoms with van der Waals surface area (Å²) in [6.45, 7) is 2.27. The van der Waals surface area contributed by atoms with Gasteiger partial charge in [0.25, 0.3) is 0 Å². The maximum atomic E-state index is 13.6. The predicted molar refractivity (Wildman–Crippen MR) is 105 cm³/mol. The van der Waals surface area contributed by atoms with E-state index in [1.165, 1.54) is 28.3 Å². The molecule has 0 fully saturated rings. The molecule has 1 N–H and O–H groups in total. The third-order valence-corrected chi connectivity index (χ3v) is 5.28. The van der Waals surface area contributed by atoms with Gasteiger partial charge in [0.15, 0.2) is 0 Å². The van der Waals surface area contributed by atoms with Crippen LogP contribution in [0, 0.1) is 11.6 Å². The summed E-state index contributed by atoms with van der Waals surface area (Å²) in [5, 5.41) is 0. The van der Waals surface area contributed by atoms with Gasteiger partial charge in [-0.05, 0) is 17.7 Å². The molecule has 0 saturated carbocycles. The lowest BCUT2D eigenvalue weighted by atomic mass is 10.1. The van der Waals surface area contributed by atoms with Crippen molar-refractivity contribution >= 4 is 5.65 Å². The van der Waals surface area contributed by atoms with Gasteiger partial charge >= 0.3 is 5.69 Å². The second-order valence-electron chi connectivity index (χ2n) is 7.31. The van der Waals surface area contributed by atoms with Crippen molar-refractivity contribution in [3.05, 3.63) is 93.7 Å². The number of benzene rings is 2. The molecule has 146 valence electrons. The van der Waals surface area contributed by atoms with Gasteiger partial charge in [0.1, 0.15) is 17.3 Å². The van der Waals surface area contributed by atoms with E-state index in [4.69, 9.17) is 0 Å². The molecule has 0 amide bonds. The van der Waals surface area contributed by atoms with Crippen LogP contribution in [-0.2, 0) is 19.5 Å². The van der Waals surface area contributed by atoms with Crippen LogP contribution >= 0.6 is 0 Å². The molecular formula is C22H18F2N4O. The van der Waals surface area contributed by atoms with E-state index in [2.05, 4.69) is 27.0 Å². The van der Waals surface area contributed by atoms with Crippen molar-refractivity contribution in [1.82, 2.24) is 19.3 Å². The number of hydrogen-bond donors (Lipinski definition) is 1. The van der Waals surface area contributed by atoms with E-state index < -0.39 is 11.6 Å². The van der Waals surface area contributed by atoms with Crippen molar-refractivity contribution < 1.29 is 8.78 Å². The lowest BCUT2D eigenvalue weighted by Gasteiger charge is -2.28. The summed E-state index contributed by atoms with van der Waals surface area (Å²) in [4.78, 5) is 22.3. The Balaban J connectivity index is 1.56. The van der Waals surface area contributed by atoms with Gasteiger partial charge in [-0.25, -0.2) is 18.6 Å². The monoisotopic (exact) mass is 392 g/mol. The number of nitrogens with one attached hydrogen (secondary N) is 1. The highest BCUT2D eigenvalue weighted by atomic mass is 19.1. The maximum Gasteiger partial charge on any atom is 0.331 e. The average Bonchev–Trinajstić information content (AvgIpc) is 3.15. The summed E-state index contributed by atoms with van der Waals surface area (Å²) >= 11 is 0. The van der Waals surface area contributed by atoms with Crippen molar-refractivity contribution in [3.8, 4) is 11.3 Å². The molecule has 5 rings (SSSR count). The largest absolute Gasteiger partial charge is 0.331 e. The number of hydrogen-bond acceptors (Lipinski definition) is 3. The zero-order chi connectivity index (χ0) is 20.0. The van der Waals surface area contributed by atoms with Gasteiger partial charge in [-0.15, -0.1) is 0 Å². The lowest BCUT2D eigenvalue weighted by Crippen LogP contribution is -2.33. The molecule has 1 aliphatic rings. The highest BCUT2D eigenvalue weighted by Gasteiger charge is 2.22. The van der Waals surface area contributed by atoms with Crippen LogP contribution < -0.4 is 5.69 Å². The molecule has 7 heteroatoms. The van der Waals surface area contributed by atoms with Crippen molar-refractivity contribution in [1.29, 1.82) is 0 Å². The smallest absolute Gasteiger partial charge is 0.310 e. The fourth-order valence-electron chi connectivity index (χ4n) is 3.92. The van der Waals surface area contributed by atoms with Gasteiger partial charge in [-0.1, -0.05) is 30.3 Å². The van der Waals surface area contributed by atoms with E-state index in [1.807, 2.05) is 18.2 Å². The van der Waals surface area contributed by atoms with Gasteiger partial charge in [-0.3, -0.25) is 9.30 Å². The third-order valence-electron chi connectivity index (χ3n) is 5.28. The summed E-state index contributed by atoms with van der Waals surface area (Å²) in [5.41, 5.74) is 3.92. The van der Waals surface area contributed by atoms with Crippen LogP contribution in [0.25, 0.3) is 16.9 Å². The first-order valence-corrected chi connectivity index (χ1v) is 9.43. The fraction of sp³-hybridized carbons (Fsp3) is 0.182. The summed E-state index contributed by atoms with van der Waals surface area (Å²) in [7, 11) is 0. The molecule has 3 heterocycles. The van der Waals surface area contributed by atoms with Gasteiger partial charge in [0, 0.05) is 55.1 Å². The molecule has 0 radical (unpaired) electrons. The second kappa shape index (κ2) is 6.93. The molecule has 4 aromatic rings. The van der Waals surface area contributed by atoms with E-state index in [1.54, 1.807) is 0 Å². The number of aromatic amines is 1. The average molecular weight is 392 g/mol. The van der Waals surface area contributed by atoms with Gasteiger partial charge in [0.2, 0.25) is 0 Å². The number of rotatable bonds is 3. The summed E-state index contributed by atoms with van der Waals surface area (Å²) < 4.78 is 28.7. The highest BCUT2D eigenvalue weighted by Crippen LogP contribution is 2.26. The molecule has 1 aliphatic heterocycles. The molecule has 0 saturated heterocycles. The van der Waals surface area contributed by atoms with Crippen LogP contribution in [0.5, 0.6) is 0 Å². The first-order valence-electron chi connectivity index (χ1n) is 9.43. The van der Waals surface area contributed by atoms with Crippen LogP contribution in [0.15, 0.2) is 59.5 Å². The Morgan fingerprint density at radius 3 is 2.59 bits per heavy atom. The molecule has 5 nitrogen and oxygen atoms in total. The van der Waals surface area contributed by atoms with Gasteiger partial charge in [-0.2, -0.15) is 0 Å². The molecule has 2 aromatic heterocycles. The number of H-pyrrole nitrogens is 1. The Kier molecular flexibility index (Phi) is 4.24. The van der Waals surface area contributed by atoms with Gasteiger partial charge in [0.05, 0.1) is 5.69 Å². The third kappa shape index (κ3) is 3.34. The Hall–Kier alpha value is -3.32. The van der Waals surface area contributed by atoms with Crippen molar-refractivity contribution in [3.63, 3.8) is 0 Å². The molecule has 0 unspecified atom stereocenters. The number of nitrogens with zero attached hydrogens (tertiary/aromatic N) is 3. The highest BCUT2D eigenvalue weighted by molar-refractivity contribution is 5.65. The minimum atomic E-state index is -0.679. The molecule has 0 atom stereocenters. The molecule has 29 heavy (non-hydrogen) atoms. The zero-order valence-electron chi connectivity index (χ0n) is 15.5. The molecule has 0 aliphatic carbocycles. The quantitative estimate of drug-likeness (QED) is 0.580. The minimum absolute atomic E-state index is 0.300. The van der Waals surface area contributed by atoms with Crippen molar-refractivity contribution in [2.24, 2.45) is 0 Å². The molecule has 0 bridgehead atoms. The SMILES string of the molecule is O=c1[nH]c2c(c3nc(-c4cc(F)cc(F)c4)cn13)CN(Cc1ccccc1)CC2. The maximum absolute atomic E-state index is 13.6. The summed E-state index contributed by atoms with van der Waals surface area (Å²) in [6, 6.07) is 13.4. The van der Waals surface area contributed by atoms with Crippen LogP contribution in [0.3, 0.4) is 0 Å². The topological polar surface area (TPSA) is 53.4 Å². The Labute approximate surface area is 165 Å². The first kappa shape index (κ1) is 17.8. The van der Waals surface area contributed by atoms with E-state index in [9.17, 15) is 13.6 Å². The van der Waals surface area contributed by atoms with E-state index in [0.29, 0.717) is 29.9 Å². The second-order valence-corrected chi connectivity index (χ2v) is 7.31. The Morgan fingerprint density at radius 2 is 1.83 bits per heavy atom. The van der Waals surface area contributed by atoms with Crippen LogP contribution in [-0.4, -0.2) is 25.8 Å². The van der Waals surface area contributed by atoms with Crippen LogP contribution in [0.4, 0.5) is 8.78 Å².